The van der Waals surface area contributed by atoms with E-state index in [1.54, 1.807) is 11.0 Å². The Morgan fingerprint density at radius 3 is 2.85 bits per heavy atom. The van der Waals surface area contributed by atoms with Gasteiger partial charge in [-0.3, -0.25) is 4.79 Å². The second-order valence-electron chi connectivity index (χ2n) is 4.50. The molecular formula is C14H17ClN2O2S. The number of nitrogens with zero attached hydrogens (tertiary/aromatic N) is 1. The topological polar surface area (TPSA) is 66.6 Å². The highest BCUT2D eigenvalue weighted by molar-refractivity contribution is 7.21. The van der Waals surface area contributed by atoms with Crippen molar-refractivity contribution in [2.75, 3.05) is 25.4 Å². The van der Waals surface area contributed by atoms with E-state index in [9.17, 15) is 4.79 Å². The van der Waals surface area contributed by atoms with E-state index in [4.69, 9.17) is 22.4 Å². The molecule has 1 heterocycles. The number of halogens is 1. The molecule has 2 rings (SSSR count). The molecule has 0 aliphatic carbocycles. The zero-order valence-corrected chi connectivity index (χ0v) is 12.8. The third-order valence-electron chi connectivity index (χ3n) is 3.04. The number of hydrogen-bond acceptors (Lipinski definition) is 4. The molecule has 1 aromatic carbocycles. The third kappa shape index (κ3) is 2.90. The number of aliphatic hydroxyl groups excluding tert-OH is 1. The number of rotatable bonds is 5. The van der Waals surface area contributed by atoms with Gasteiger partial charge in [0.15, 0.2) is 0 Å². The summed E-state index contributed by atoms with van der Waals surface area (Å²) in [5, 5.41) is 10.5. The minimum absolute atomic E-state index is 0.0532. The number of carbonyl (C=O) groups excluding carboxylic acids is 1. The van der Waals surface area contributed by atoms with Crippen molar-refractivity contribution < 1.29 is 9.90 Å². The van der Waals surface area contributed by atoms with Crippen LogP contribution in [0, 0.1) is 0 Å². The average Bonchev–Trinajstić information content (AvgIpc) is 2.74. The van der Waals surface area contributed by atoms with Crippen LogP contribution in [-0.2, 0) is 0 Å². The maximum Gasteiger partial charge on any atom is 0.266 e. The van der Waals surface area contributed by atoms with Crippen molar-refractivity contribution in [1.29, 1.82) is 0 Å². The van der Waals surface area contributed by atoms with Gasteiger partial charge in [-0.05, 0) is 24.6 Å². The molecule has 6 heteroatoms. The Bertz CT molecular complexity index is 621. The van der Waals surface area contributed by atoms with Crippen molar-refractivity contribution >= 4 is 44.6 Å². The molecule has 0 aliphatic rings. The van der Waals surface area contributed by atoms with E-state index in [2.05, 4.69) is 0 Å². The van der Waals surface area contributed by atoms with Gasteiger partial charge < -0.3 is 15.7 Å². The quantitative estimate of drug-likeness (QED) is 0.892. The molecule has 0 fully saturated rings. The highest BCUT2D eigenvalue weighted by Crippen LogP contribution is 2.35. The zero-order chi connectivity index (χ0) is 14.7. The largest absolute Gasteiger partial charge is 0.397 e. The maximum absolute atomic E-state index is 12.5. The first-order chi connectivity index (χ1) is 9.58. The van der Waals surface area contributed by atoms with Crippen LogP contribution >= 0.6 is 22.9 Å². The summed E-state index contributed by atoms with van der Waals surface area (Å²) in [5.41, 5.74) is 6.57. The lowest BCUT2D eigenvalue weighted by Gasteiger charge is -2.20. The van der Waals surface area contributed by atoms with Crippen LogP contribution in [0.2, 0.25) is 5.02 Å². The van der Waals surface area contributed by atoms with Crippen LogP contribution in [0.15, 0.2) is 18.2 Å². The van der Waals surface area contributed by atoms with Crippen molar-refractivity contribution in [3.63, 3.8) is 0 Å². The lowest BCUT2D eigenvalue weighted by atomic mass is 10.2. The van der Waals surface area contributed by atoms with Gasteiger partial charge in [0, 0.05) is 28.2 Å². The molecule has 20 heavy (non-hydrogen) atoms. The fraction of sp³-hybridized carbons (Fsp3) is 0.357. The highest BCUT2D eigenvalue weighted by Gasteiger charge is 2.21. The fourth-order valence-electron chi connectivity index (χ4n) is 2.10. The molecule has 0 unspecified atom stereocenters. The Hall–Kier alpha value is -1.30. The zero-order valence-electron chi connectivity index (χ0n) is 11.2. The summed E-state index contributed by atoms with van der Waals surface area (Å²) in [7, 11) is 0. The normalized spacial score (nSPS) is 10.9. The van der Waals surface area contributed by atoms with E-state index in [-0.39, 0.29) is 12.5 Å². The van der Waals surface area contributed by atoms with Crippen LogP contribution in [0.1, 0.15) is 23.0 Å². The van der Waals surface area contributed by atoms with Crippen molar-refractivity contribution in [3.05, 3.63) is 28.1 Å². The molecule has 0 aliphatic heterocycles. The van der Waals surface area contributed by atoms with Crippen LogP contribution in [0.4, 0.5) is 5.69 Å². The smallest absolute Gasteiger partial charge is 0.266 e. The lowest BCUT2D eigenvalue weighted by Crippen LogP contribution is -2.34. The van der Waals surface area contributed by atoms with Crippen LogP contribution in [-0.4, -0.2) is 35.6 Å². The van der Waals surface area contributed by atoms with Crippen molar-refractivity contribution in [2.45, 2.75) is 13.3 Å². The molecule has 2 aromatic rings. The Morgan fingerprint density at radius 1 is 1.45 bits per heavy atom. The van der Waals surface area contributed by atoms with E-state index < -0.39 is 0 Å². The van der Waals surface area contributed by atoms with Crippen molar-refractivity contribution in [2.24, 2.45) is 0 Å². The predicted molar refractivity (Wildman–Crippen MR) is 84.5 cm³/mol. The van der Waals surface area contributed by atoms with Crippen molar-refractivity contribution in [3.8, 4) is 0 Å². The molecule has 0 spiro atoms. The number of nitrogens with two attached hydrogens (primary N) is 1. The molecule has 0 atom stereocenters. The minimum Gasteiger partial charge on any atom is -0.397 e. The van der Waals surface area contributed by atoms with E-state index in [1.165, 1.54) is 11.3 Å². The summed E-state index contributed by atoms with van der Waals surface area (Å²) < 4.78 is 0.902. The maximum atomic E-state index is 12.5. The third-order valence-corrected chi connectivity index (χ3v) is 4.43. The summed E-state index contributed by atoms with van der Waals surface area (Å²) in [6.45, 7) is 2.86. The van der Waals surface area contributed by atoms with Crippen LogP contribution in [0.25, 0.3) is 10.1 Å². The molecule has 1 aromatic heterocycles. The monoisotopic (exact) mass is 312 g/mol. The minimum atomic E-state index is -0.129. The Balaban J connectivity index is 2.40. The lowest BCUT2D eigenvalue weighted by molar-refractivity contribution is 0.0728. The Morgan fingerprint density at radius 2 is 2.20 bits per heavy atom. The molecule has 4 nitrogen and oxygen atoms in total. The first-order valence-electron chi connectivity index (χ1n) is 6.46. The molecule has 0 saturated carbocycles. The van der Waals surface area contributed by atoms with Gasteiger partial charge in [0.25, 0.3) is 5.91 Å². The van der Waals surface area contributed by atoms with E-state index in [0.717, 1.165) is 16.5 Å². The first kappa shape index (κ1) is 15.1. The van der Waals surface area contributed by atoms with E-state index in [1.807, 2.05) is 19.1 Å². The van der Waals surface area contributed by atoms with Crippen molar-refractivity contribution in [1.82, 2.24) is 4.90 Å². The second-order valence-corrected chi connectivity index (χ2v) is 5.99. The first-order valence-corrected chi connectivity index (χ1v) is 7.65. The van der Waals surface area contributed by atoms with Gasteiger partial charge in [-0.1, -0.05) is 18.5 Å². The summed E-state index contributed by atoms with van der Waals surface area (Å²) in [5.74, 6) is -0.129. The molecule has 1 amide bonds. The predicted octanol–water partition coefficient (Wildman–Crippen LogP) is 2.98. The van der Waals surface area contributed by atoms with Gasteiger partial charge in [0.2, 0.25) is 0 Å². The number of aliphatic hydroxyl groups is 1. The number of thiophene rings is 1. The second kappa shape index (κ2) is 6.43. The molecule has 0 radical (unpaired) electrons. The van der Waals surface area contributed by atoms with Gasteiger partial charge >= 0.3 is 0 Å². The fourth-order valence-corrected chi connectivity index (χ4v) is 3.47. The van der Waals surface area contributed by atoms with Gasteiger partial charge in [-0.2, -0.15) is 0 Å². The number of hydrogen-bond donors (Lipinski definition) is 2. The van der Waals surface area contributed by atoms with Gasteiger partial charge in [-0.15, -0.1) is 11.3 Å². The van der Waals surface area contributed by atoms with Crippen LogP contribution < -0.4 is 5.73 Å². The number of carbonyl (C=O) groups is 1. The molecule has 0 saturated heterocycles. The molecule has 3 N–H and O–H groups in total. The summed E-state index contributed by atoms with van der Waals surface area (Å²) >= 11 is 7.30. The molecular weight excluding hydrogens is 296 g/mol. The van der Waals surface area contributed by atoms with Crippen LogP contribution in [0.5, 0.6) is 0 Å². The Kier molecular flexibility index (Phi) is 4.86. The van der Waals surface area contributed by atoms with Gasteiger partial charge in [0.1, 0.15) is 4.88 Å². The van der Waals surface area contributed by atoms with E-state index >= 15 is 0 Å². The molecule has 0 bridgehead atoms. The van der Waals surface area contributed by atoms with Crippen LogP contribution in [0.3, 0.4) is 0 Å². The highest BCUT2D eigenvalue weighted by atomic mass is 35.5. The number of amides is 1. The summed E-state index contributed by atoms with van der Waals surface area (Å²) in [4.78, 5) is 14.7. The standard InChI is InChI=1S/C14H17ClN2O2S/c1-2-5-17(6-7-18)14(19)13-12(16)10-4-3-9(15)8-11(10)20-13/h3-4,8,18H,2,5-7,16H2,1H3. The van der Waals surface area contributed by atoms with Gasteiger partial charge in [0.05, 0.1) is 12.3 Å². The summed E-state index contributed by atoms with van der Waals surface area (Å²) in [6.07, 6.45) is 0.836. The number of anilines is 1. The van der Waals surface area contributed by atoms with Gasteiger partial charge in [-0.25, -0.2) is 0 Å². The number of nitrogen functional groups attached to an aromatic ring is 1. The number of fused-ring (bicyclic) bond motifs is 1. The van der Waals surface area contributed by atoms with E-state index in [0.29, 0.717) is 28.7 Å². The molecule has 108 valence electrons. The SMILES string of the molecule is CCCN(CCO)C(=O)c1sc2cc(Cl)ccc2c1N. The average molecular weight is 313 g/mol. The summed E-state index contributed by atoms with van der Waals surface area (Å²) in [6, 6.07) is 5.40. The number of benzene rings is 1. The Labute approximate surface area is 126 Å².